The van der Waals surface area contributed by atoms with Crippen LogP contribution in [0.25, 0.3) is 22.2 Å². The maximum atomic E-state index is 12.4. The molecule has 0 bridgehead atoms. The van der Waals surface area contributed by atoms with Crippen molar-refractivity contribution in [2.45, 2.75) is 0 Å². The number of fused-ring (bicyclic) bond motifs is 1. The molecule has 1 aromatic carbocycles. The summed E-state index contributed by atoms with van der Waals surface area (Å²) in [5, 5.41) is 0.341. The van der Waals surface area contributed by atoms with Gasteiger partial charge in [-0.2, -0.15) is 0 Å². The van der Waals surface area contributed by atoms with Crippen LogP contribution >= 0.6 is 0 Å². The van der Waals surface area contributed by atoms with Crippen molar-refractivity contribution in [3.8, 4) is 11.3 Å². The minimum Gasteiger partial charge on any atom is -0.350 e. The van der Waals surface area contributed by atoms with Gasteiger partial charge in [-0.25, -0.2) is 4.79 Å². The van der Waals surface area contributed by atoms with Gasteiger partial charge < -0.3 is 4.98 Å². The van der Waals surface area contributed by atoms with Crippen molar-refractivity contribution in [3.05, 3.63) is 56.9 Å². The van der Waals surface area contributed by atoms with E-state index in [0.29, 0.717) is 22.9 Å². The van der Waals surface area contributed by atoms with E-state index in [0.717, 1.165) is 10.1 Å². The highest BCUT2D eigenvalue weighted by Crippen LogP contribution is 2.26. The molecule has 0 amide bonds. The van der Waals surface area contributed by atoms with Crippen molar-refractivity contribution in [3.63, 3.8) is 0 Å². The smallest absolute Gasteiger partial charge is 0.331 e. The van der Waals surface area contributed by atoms with Crippen LogP contribution in [0.15, 0.2) is 39.9 Å². The maximum Gasteiger partial charge on any atom is 0.331 e. The number of H-pyrrole nitrogens is 1. The van der Waals surface area contributed by atoms with Crippen LogP contribution in [0, 0.1) is 0 Å². The molecular weight excluding hydrogens is 270 g/mol. The summed E-state index contributed by atoms with van der Waals surface area (Å²) in [6, 6.07) is 9.22. The number of hydrogen-bond acceptors (Lipinski definition) is 3. The number of nitrogens with one attached hydrogen (secondary N) is 1. The lowest BCUT2D eigenvalue weighted by Crippen LogP contribution is -2.36. The van der Waals surface area contributed by atoms with Crippen LogP contribution in [0.5, 0.6) is 0 Å². The molecule has 0 atom stereocenters. The Morgan fingerprint density at radius 1 is 1.05 bits per heavy atom. The van der Waals surface area contributed by atoms with Crippen LogP contribution in [-0.2, 0) is 14.1 Å². The van der Waals surface area contributed by atoms with E-state index in [1.54, 1.807) is 7.05 Å². The van der Waals surface area contributed by atoms with Gasteiger partial charge in [-0.1, -0.05) is 30.3 Å². The number of aldehydes is 1. The zero-order chi connectivity index (χ0) is 15.1. The summed E-state index contributed by atoms with van der Waals surface area (Å²) in [7, 11) is 2.96. The molecule has 0 aliphatic rings. The van der Waals surface area contributed by atoms with Gasteiger partial charge in [0.1, 0.15) is 5.69 Å². The van der Waals surface area contributed by atoms with Crippen molar-refractivity contribution in [1.29, 1.82) is 0 Å². The van der Waals surface area contributed by atoms with Crippen LogP contribution in [-0.4, -0.2) is 20.4 Å². The zero-order valence-corrected chi connectivity index (χ0v) is 11.6. The summed E-state index contributed by atoms with van der Waals surface area (Å²) in [5.41, 5.74) is 0.999. The number of hydrogen-bond donors (Lipinski definition) is 1. The van der Waals surface area contributed by atoms with E-state index < -0.39 is 11.2 Å². The molecule has 6 heteroatoms. The molecule has 2 heterocycles. The summed E-state index contributed by atoms with van der Waals surface area (Å²) in [6.07, 6.45) is 0.619. The van der Waals surface area contributed by atoms with Crippen molar-refractivity contribution < 1.29 is 4.79 Å². The fourth-order valence-corrected chi connectivity index (χ4v) is 2.55. The van der Waals surface area contributed by atoms with E-state index in [-0.39, 0.29) is 5.69 Å². The van der Waals surface area contributed by atoms with Crippen LogP contribution in [0.4, 0.5) is 0 Å². The summed E-state index contributed by atoms with van der Waals surface area (Å²) in [5.74, 6) is 0. The molecule has 0 saturated carbocycles. The minimum atomic E-state index is -0.464. The Morgan fingerprint density at radius 3 is 2.33 bits per heavy atom. The number of carbonyl (C=O) groups excluding carboxylic acids is 1. The zero-order valence-electron chi connectivity index (χ0n) is 11.6. The molecule has 0 aliphatic carbocycles. The average Bonchev–Trinajstić information content (AvgIpc) is 2.91. The van der Waals surface area contributed by atoms with E-state index in [4.69, 9.17) is 0 Å². The fraction of sp³-hybridized carbons (Fsp3) is 0.133. The molecule has 0 aliphatic heterocycles. The van der Waals surface area contributed by atoms with E-state index in [1.807, 2.05) is 30.3 Å². The molecule has 0 fully saturated rings. The van der Waals surface area contributed by atoms with Gasteiger partial charge in [0.05, 0.1) is 16.6 Å². The highest BCUT2D eigenvalue weighted by molar-refractivity contribution is 6.02. The first-order valence-corrected chi connectivity index (χ1v) is 6.38. The van der Waals surface area contributed by atoms with E-state index in [1.165, 1.54) is 11.6 Å². The number of rotatable bonds is 2. The Labute approximate surface area is 119 Å². The molecule has 0 saturated heterocycles. The van der Waals surface area contributed by atoms with Crippen molar-refractivity contribution in [1.82, 2.24) is 14.1 Å². The lowest BCUT2D eigenvalue weighted by molar-refractivity contribution is 0.112. The van der Waals surface area contributed by atoms with Crippen molar-refractivity contribution in [2.24, 2.45) is 14.1 Å². The first-order valence-electron chi connectivity index (χ1n) is 6.38. The van der Waals surface area contributed by atoms with Gasteiger partial charge in [0.25, 0.3) is 5.56 Å². The third-order valence-electron chi connectivity index (χ3n) is 3.61. The van der Waals surface area contributed by atoms with Gasteiger partial charge in [0.2, 0.25) is 0 Å². The van der Waals surface area contributed by atoms with Crippen LogP contribution < -0.4 is 11.2 Å². The summed E-state index contributed by atoms with van der Waals surface area (Å²) >= 11 is 0. The lowest BCUT2D eigenvalue weighted by Gasteiger charge is -2.05. The molecule has 21 heavy (non-hydrogen) atoms. The topological polar surface area (TPSA) is 76.9 Å². The van der Waals surface area contributed by atoms with E-state index in [2.05, 4.69) is 4.98 Å². The van der Waals surface area contributed by atoms with Crippen molar-refractivity contribution in [2.75, 3.05) is 0 Å². The molecule has 3 rings (SSSR count). The van der Waals surface area contributed by atoms with Gasteiger partial charge >= 0.3 is 5.69 Å². The number of aromatic amines is 1. The second kappa shape index (κ2) is 4.59. The Balaban J connectivity index is 2.58. The number of carbonyl (C=O) groups is 1. The Kier molecular flexibility index (Phi) is 2.86. The fourth-order valence-electron chi connectivity index (χ4n) is 2.55. The molecule has 6 nitrogen and oxygen atoms in total. The summed E-state index contributed by atoms with van der Waals surface area (Å²) < 4.78 is 2.35. The van der Waals surface area contributed by atoms with Gasteiger partial charge in [0.15, 0.2) is 6.29 Å². The maximum absolute atomic E-state index is 12.4. The van der Waals surface area contributed by atoms with Gasteiger partial charge in [-0.05, 0) is 5.56 Å². The van der Waals surface area contributed by atoms with Crippen LogP contribution in [0.1, 0.15) is 10.5 Å². The molecule has 0 radical (unpaired) electrons. The molecule has 106 valence electrons. The number of nitrogens with zero attached hydrogens (tertiary/aromatic N) is 2. The SMILES string of the molecule is Cn1c(=O)c2c(-c3ccccc3)[nH]c(C=O)c2n(C)c1=O. The second-order valence-electron chi connectivity index (χ2n) is 4.83. The predicted octanol–water partition coefficient (Wildman–Crippen LogP) is 1.04. The molecular formula is C15H13N3O3. The largest absolute Gasteiger partial charge is 0.350 e. The predicted molar refractivity (Wildman–Crippen MR) is 79.6 cm³/mol. The number of aromatic nitrogens is 3. The highest BCUT2D eigenvalue weighted by atomic mass is 16.2. The molecule has 0 unspecified atom stereocenters. The van der Waals surface area contributed by atoms with Gasteiger partial charge in [0, 0.05) is 14.1 Å². The molecule has 0 spiro atoms. The van der Waals surface area contributed by atoms with Gasteiger partial charge in [-0.3, -0.25) is 18.7 Å². The summed E-state index contributed by atoms with van der Waals surface area (Å²) in [4.78, 5) is 38.7. The van der Waals surface area contributed by atoms with Crippen LogP contribution in [0.2, 0.25) is 0 Å². The normalized spacial score (nSPS) is 11.0. The highest BCUT2D eigenvalue weighted by Gasteiger charge is 2.19. The van der Waals surface area contributed by atoms with Crippen molar-refractivity contribution >= 4 is 17.2 Å². The Bertz CT molecular complexity index is 962. The molecule has 1 N–H and O–H groups in total. The standard InChI is InChI=1S/C15H13N3O3/c1-17-13-10(8-19)16-12(9-6-4-3-5-7-9)11(13)14(20)18(2)15(17)21/h3-8,16H,1-2H3. The quantitative estimate of drug-likeness (QED) is 0.714. The molecule has 3 aromatic rings. The lowest BCUT2D eigenvalue weighted by atomic mass is 10.1. The van der Waals surface area contributed by atoms with Crippen LogP contribution in [0.3, 0.4) is 0 Å². The minimum absolute atomic E-state index is 0.223. The Hall–Kier alpha value is -2.89. The monoisotopic (exact) mass is 283 g/mol. The van der Waals surface area contributed by atoms with E-state index in [9.17, 15) is 14.4 Å². The van der Waals surface area contributed by atoms with Gasteiger partial charge in [-0.15, -0.1) is 0 Å². The third-order valence-corrected chi connectivity index (χ3v) is 3.61. The first-order chi connectivity index (χ1) is 10.1. The summed E-state index contributed by atoms with van der Waals surface area (Å²) in [6.45, 7) is 0. The number of aryl methyl sites for hydroxylation is 1. The second-order valence-corrected chi connectivity index (χ2v) is 4.83. The average molecular weight is 283 g/mol. The van der Waals surface area contributed by atoms with E-state index >= 15 is 0 Å². The number of benzene rings is 1. The molecule has 2 aromatic heterocycles. The first kappa shape index (κ1) is 13.1. The third kappa shape index (κ3) is 1.76. The Morgan fingerprint density at radius 2 is 1.71 bits per heavy atom.